The normalized spacial score (nSPS) is 11.0. The minimum atomic E-state index is -0.457. The number of ether oxygens (including phenoxy) is 1. The summed E-state index contributed by atoms with van der Waals surface area (Å²) in [5.74, 6) is 0.0105. The number of carbonyl (C=O) groups excluding carboxylic acids is 1. The van der Waals surface area contributed by atoms with E-state index in [1.165, 1.54) is 0 Å². The number of hydrogen-bond acceptors (Lipinski definition) is 3. The Balaban J connectivity index is 1.56. The fourth-order valence-electron chi connectivity index (χ4n) is 4.19. The molecule has 1 aromatic heterocycles. The van der Waals surface area contributed by atoms with Gasteiger partial charge in [-0.2, -0.15) is 0 Å². The van der Waals surface area contributed by atoms with E-state index < -0.39 is 5.97 Å². The molecule has 0 atom stereocenters. The number of carbonyl (C=O) groups is 1. The van der Waals surface area contributed by atoms with E-state index in [-0.39, 0.29) is 0 Å². The summed E-state index contributed by atoms with van der Waals surface area (Å²) in [4.78, 5) is 18.3. The summed E-state index contributed by atoms with van der Waals surface area (Å²) in [5.41, 5.74) is 6.58. The molecule has 0 N–H and O–H groups in total. The summed E-state index contributed by atoms with van der Waals surface area (Å²) >= 11 is 12.6. The van der Waals surface area contributed by atoms with Crippen LogP contribution in [0.25, 0.3) is 33.3 Å². The molecule has 0 amide bonds. The van der Waals surface area contributed by atoms with Crippen LogP contribution in [0, 0.1) is 13.8 Å². The first-order valence-corrected chi connectivity index (χ1v) is 11.9. The maximum absolute atomic E-state index is 13.4. The SMILES string of the molecule is Cc1cc(C)c2nc(-c3ccc(Cl)cc3Cl)cc(C(=O)Oc3ccc(-c4ccccc4)cc3)c2c1. The first-order chi connectivity index (χ1) is 16.9. The average molecular weight is 498 g/mol. The van der Waals surface area contributed by atoms with Crippen LogP contribution in [0.2, 0.25) is 10.0 Å². The van der Waals surface area contributed by atoms with Gasteiger partial charge in [0.05, 0.1) is 21.8 Å². The van der Waals surface area contributed by atoms with E-state index in [9.17, 15) is 4.79 Å². The number of aromatic nitrogens is 1. The van der Waals surface area contributed by atoms with Gasteiger partial charge >= 0.3 is 5.97 Å². The van der Waals surface area contributed by atoms with E-state index in [0.717, 1.165) is 33.2 Å². The third-order valence-corrected chi connectivity index (χ3v) is 6.40. The number of aryl methyl sites for hydroxylation is 2. The summed E-state index contributed by atoms with van der Waals surface area (Å²) in [5, 5.41) is 1.73. The molecular weight excluding hydrogens is 477 g/mol. The zero-order valence-electron chi connectivity index (χ0n) is 19.2. The van der Waals surface area contributed by atoms with Crippen molar-refractivity contribution in [3.05, 3.63) is 118 Å². The van der Waals surface area contributed by atoms with Crippen molar-refractivity contribution in [2.24, 2.45) is 0 Å². The van der Waals surface area contributed by atoms with Gasteiger partial charge in [-0.15, -0.1) is 0 Å². The van der Waals surface area contributed by atoms with E-state index in [2.05, 4.69) is 0 Å². The van der Waals surface area contributed by atoms with Crippen LogP contribution in [-0.2, 0) is 0 Å². The minimum Gasteiger partial charge on any atom is -0.423 e. The van der Waals surface area contributed by atoms with Crippen molar-refractivity contribution in [2.45, 2.75) is 13.8 Å². The second kappa shape index (κ2) is 9.53. The lowest BCUT2D eigenvalue weighted by Gasteiger charge is -2.13. The van der Waals surface area contributed by atoms with Crippen molar-refractivity contribution in [3.8, 4) is 28.1 Å². The topological polar surface area (TPSA) is 39.2 Å². The van der Waals surface area contributed by atoms with Gasteiger partial charge in [0, 0.05) is 16.0 Å². The molecule has 0 bridgehead atoms. The Bertz CT molecular complexity index is 1560. The number of hydrogen-bond donors (Lipinski definition) is 0. The molecule has 0 aliphatic rings. The molecule has 0 fully saturated rings. The predicted octanol–water partition coefficient (Wildman–Crippen LogP) is 8.71. The number of nitrogens with zero attached hydrogens (tertiary/aromatic N) is 1. The zero-order valence-corrected chi connectivity index (χ0v) is 20.7. The molecule has 5 heteroatoms. The molecule has 35 heavy (non-hydrogen) atoms. The van der Waals surface area contributed by atoms with Gasteiger partial charge in [-0.3, -0.25) is 0 Å². The Hall–Kier alpha value is -3.66. The van der Waals surface area contributed by atoms with Gasteiger partial charge in [0.15, 0.2) is 0 Å². The molecule has 0 aliphatic carbocycles. The van der Waals surface area contributed by atoms with Crippen molar-refractivity contribution >= 4 is 40.1 Å². The van der Waals surface area contributed by atoms with Gasteiger partial charge in [0.25, 0.3) is 0 Å². The quantitative estimate of drug-likeness (QED) is 0.184. The van der Waals surface area contributed by atoms with Gasteiger partial charge < -0.3 is 4.74 Å². The van der Waals surface area contributed by atoms with Crippen LogP contribution in [0.3, 0.4) is 0 Å². The molecule has 0 unspecified atom stereocenters. The average Bonchev–Trinajstić information content (AvgIpc) is 2.84. The van der Waals surface area contributed by atoms with Gasteiger partial charge in [0.1, 0.15) is 5.75 Å². The number of rotatable bonds is 4. The molecule has 0 saturated heterocycles. The van der Waals surface area contributed by atoms with Crippen LogP contribution in [0.1, 0.15) is 21.5 Å². The van der Waals surface area contributed by atoms with Crippen molar-refractivity contribution in [1.29, 1.82) is 0 Å². The third kappa shape index (κ3) is 4.79. The van der Waals surface area contributed by atoms with Crippen LogP contribution in [-0.4, -0.2) is 11.0 Å². The molecule has 3 nitrogen and oxygen atoms in total. The zero-order chi connectivity index (χ0) is 24.5. The lowest BCUT2D eigenvalue weighted by Crippen LogP contribution is -2.10. The largest absolute Gasteiger partial charge is 0.423 e. The highest BCUT2D eigenvalue weighted by Crippen LogP contribution is 2.33. The number of benzene rings is 4. The van der Waals surface area contributed by atoms with Gasteiger partial charge in [-0.25, -0.2) is 9.78 Å². The first-order valence-electron chi connectivity index (χ1n) is 11.1. The van der Waals surface area contributed by atoms with Crippen LogP contribution in [0.5, 0.6) is 5.75 Å². The maximum atomic E-state index is 13.4. The summed E-state index contributed by atoms with van der Waals surface area (Å²) in [6, 6.07) is 28.5. The molecular formula is C30H21Cl2NO2. The third-order valence-electron chi connectivity index (χ3n) is 5.85. The van der Waals surface area contributed by atoms with E-state index in [4.69, 9.17) is 32.9 Å². The number of halogens is 2. The highest BCUT2D eigenvalue weighted by atomic mass is 35.5. The smallest absolute Gasteiger partial charge is 0.344 e. The standard InChI is InChI=1S/C30H21Cl2NO2/c1-18-14-19(2)29-25(15-18)26(17-28(33-29)24-13-10-22(31)16-27(24)32)30(34)35-23-11-8-21(9-12-23)20-6-4-3-5-7-20/h3-17H,1-2H3. The molecule has 0 radical (unpaired) electrons. The second-order valence-corrected chi connectivity index (χ2v) is 9.28. The molecule has 0 spiro atoms. The van der Waals surface area contributed by atoms with Gasteiger partial charge in [-0.1, -0.05) is 77.3 Å². The lowest BCUT2D eigenvalue weighted by molar-refractivity contribution is 0.0737. The second-order valence-electron chi connectivity index (χ2n) is 8.44. The Kier molecular flexibility index (Phi) is 6.29. The first kappa shape index (κ1) is 23.1. The van der Waals surface area contributed by atoms with Gasteiger partial charge in [0.2, 0.25) is 0 Å². The Morgan fingerprint density at radius 2 is 1.51 bits per heavy atom. The van der Waals surface area contributed by atoms with E-state index in [1.807, 2.05) is 68.4 Å². The van der Waals surface area contributed by atoms with Crippen molar-refractivity contribution in [2.75, 3.05) is 0 Å². The van der Waals surface area contributed by atoms with Crippen LogP contribution < -0.4 is 4.74 Å². The van der Waals surface area contributed by atoms with E-state index >= 15 is 0 Å². The van der Waals surface area contributed by atoms with Crippen molar-refractivity contribution < 1.29 is 9.53 Å². The van der Waals surface area contributed by atoms with Crippen LogP contribution in [0.4, 0.5) is 0 Å². The predicted molar refractivity (Wildman–Crippen MR) is 144 cm³/mol. The summed E-state index contributed by atoms with van der Waals surface area (Å²) in [7, 11) is 0. The highest BCUT2D eigenvalue weighted by Gasteiger charge is 2.19. The number of fused-ring (bicyclic) bond motifs is 1. The number of pyridine rings is 1. The van der Waals surface area contributed by atoms with Crippen molar-refractivity contribution in [1.82, 2.24) is 4.98 Å². The van der Waals surface area contributed by atoms with E-state index in [1.54, 1.807) is 36.4 Å². The molecule has 172 valence electrons. The molecule has 5 aromatic rings. The molecule has 1 heterocycles. The fraction of sp³-hybridized carbons (Fsp3) is 0.0667. The number of esters is 1. The Morgan fingerprint density at radius 3 is 2.23 bits per heavy atom. The van der Waals surface area contributed by atoms with Crippen LogP contribution >= 0.6 is 23.2 Å². The maximum Gasteiger partial charge on any atom is 0.344 e. The summed E-state index contributed by atoms with van der Waals surface area (Å²) < 4.78 is 5.80. The summed E-state index contributed by atoms with van der Waals surface area (Å²) in [6.07, 6.45) is 0. The van der Waals surface area contributed by atoms with Crippen molar-refractivity contribution in [3.63, 3.8) is 0 Å². The lowest BCUT2D eigenvalue weighted by atomic mass is 10.00. The highest BCUT2D eigenvalue weighted by molar-refractivity contribution is 6.36. The Morgan fingerprint density at radius 1 is 0.800 bits per heavy atom. The van der Waals surface area contributed by atoms with Gasteiger partial charge in [-0.05, 0) is 73.0 Å². The Labute approximate surface area is 213 Å². The molecule has 4 aromatic carbocycles. The molecule has 0 aliphatic heterocycles. The minimum absolute atomic E-state index is 0.426. The fourth-order valence-corrected chi connectivity index (χ4v) is 4.70. The van der Waals surface area contributed by atoms with E-state index in [0.29, 0.717) is 32.6 Å². The van der Waals surface area contributed by atoms with Crippen LogP contribution in [0.15, 0.2) is 91.0 Å². The summed E-state index contributed by atoms with van der Waals surface area (Å²) in [6.45, 7) is 3.97. The monoisotopic (exact) mass is 497 g/mol. The molecule has 0 saturated carbocycles. The molecule has 5 rings (SSSR count).